The molecule has 5 heteroatoms. The molecule has 0 bridgehead atoms. The highest BCUT2D eigenvalue weighted by Crippen LogP contribution is 2.37. The van der Waals surface area contributed by atoms with E-state index in [4.69, 9.17) is 9.63 Å². The number of aliphatic hydroxyl groups is 1. The molecule has 0 aromatic carbocycles. The van der Waals surface area contributed by atoms with E-state index in [2.05, 4.69) is 14.7 Å². The number of aromatic nitrogens is 3. The first-order valence-electron chi connectivity index (χ1n) is 5.47. The van der Waals surface area contributed by atoms with Crippen LogP contribution < -0.4 is 0 Å². The average Bonchev–Trinajstić information content (AvgIpc) is 2.84. The van der Waals surface area contributed by atoms with Crippen molar-refractivity contribution in [3.8, 4) is 11.4 Å². The SMILES string of the molecule is OCCc1cc(-c2cncn2C2CC2)no1. The van der Waals surface area contributed by atoms with Crippen LogP contribution in [0, 0.1) is 0 Å². The van der Waals surface area contributed by atoms with Crippen molar-refractivity contribution in [1.82, 2.24) is 14.7 Å². The standard InChI is InChI=1S/C11H13N3O2/c15-4-3-9-5-10(13-16-9)11-6-12-7-14(11)8-1-2-8/h5-8,15H,1-4H2. The van der Waals surface area contributed by atoms with Gasteiger partial charge in [0.25, 0.3) is 0 Å². The van der Waals surface area contributed by atoms with Crippen LogP contribution in [0.25, 0.3) is 11.4 Å². The lowest BCUT2D eigenvalue weighted by atomic mass is 10.2. The highest BCUT2D eigenvalue weighted by atomic mass is 16.5. The summed E-state index contributed by atoms with van der Waals surface area (Å²) >= 11 is 0. The maximum Gasteiger partial charge on any atom is 0.139 e. The molecule has 2 aromatic heterocycles. The van der Waals surface area contributed by atoms with Gasteiger partial charge in [0.05, 0.1) is 24.8 Å². The van der Waals surface area contributed by atoms with E-state index in [1.54, 1.807) is 6.20 Å². The Hall–Kier alpha value is -1.62. The second kappa shape index (κ2) is 3.75. The van der Waals surface area contributed by atoms with Crippen LogP contribution in [0.2, 0.25) is 0 Å². The molecule has 0 atom stereocenters. The van der Waals surface area contributed by atoms with Crippen molar-refractivity contribution in [2.75, 3.05) is 6.61 Å². The smallest absolute Gasteiger partial charge is 0.139 e. The molecule has 0 spiro atoms. The third-order valence-electron chi connectivity index (χ3n) is 2.79. The summed E-state index contributed by atoms with van der Waals surface area (Å²) in [5, 5.41) is 12.8. The van der Waals surface area contributed by atoms with Gasteiger partial charge in [0, 0.05) is 18.5 Å². The van der Waals surface area contributed by atoms with E-state index >= 15 is 0 Å². The maximum absolute atomic E-state index is 8.81. The molecule has 0 aliphatic heterocycles. The maximum atomic E-state index is 8.81. The average molecular weight is 219 g/mol. The lowest BCUT2D eigenvalue weighted by Crippen LogP contribution is -1.94. The van der Waals surface area contributed by atoms with Crippen LogP contribution >= 0.6 is 0 Å². The van der Waals surface area contributed by atoms with E-state index in [1.807, 2.05) is 12.4 Å². The molecule has 5 nitrogen and oxygen atoms in total. The van der Waals surface area contributed by atoms with Crippen molar-refractivity contribution in [3.63, 3.8) is 0 Å². The van der Waals surface area contributed by atoms with Crippen LogP contribution in [0.5, 0.6) is 0 Å². The molecule has 3 rings (SSSR count). The Kier molecular flexibility index (Phi) is 2.25. The van der Waals surface area contributed by atoms with Gasteiger partial charge in [-0.05, 0) is 12.8 Å². The fraction of sp³-hybridized carbons (Fsp3) is 0.455. The largest absolute Gasteiger partial charge is 0.396 e. The van der Waals surface area contributed by atoms with E-state index in [9.17, 15) is 0 Å². The summed E-state index contributed by atoms with van der Waals surface area (Å²) in [5.41, 5.74) is 1.79. The molecule has 84 valence electrons. The quantitative estimate of drug-likeness (QED) is 0.844. The van der Waals surface area contributed by atoms with Gasteiger partial charge >= 0.3 is 0 Å². The molecule has 0 amide bonds. The lowest BCUT2D eigenvalue weighted by Gasteiger charge is -2.01. The molecule has 1 saturated carbocycles. The molecular formula is C11H13N3O2. The van der Waals surface area contributed by atoms with Crippen molar-refractivity contribution in [2.45, 2.75) is 25.3 Å². The summed E-state index contributed by atoms with van der Waals surface area (Å²) in [4.78, 5) is 4.15. The Bertz CT molecular complexity index is 485. The van der Waals surface area contributed by atoms with Crippen LogP contribution in [0.1, 0.15) is 24.6 Å². The first kappa shape index (κ1) is 9.59. The Labute approximate surface area is 92.7 Å². The van der Waals surface area contributed by atoms with Crippen molar-refractivity contribution in [3.05, 3.63) is 24.4 Å². The Morgan fingerprint density at radius 2 is 2.38 bits per heavy atom. The number of rotatable bonds is 4. The van der Waals surface area contributed by atoms with Gasteiger partial charge in [0.1, 0.15) is 11.5 Å². The molecule has 1 fully saturated rings. The van der Waals surface area contributed by atoms with E-state index < -0.39 is 0 Å². The summed E-state index contributed by atoms with van der Waals surface area (Å²) < 4.78 is 7.27. The molecule has 1 N–H and O–H groups in total. The summed E-state index contributed by atoms with van der Waals surface area (Å²) in [6.45, 7) is 0.0799. The van der Waals surface area contributed by atoms with Gasteiger partial charge in [0.2, 0.25) is 0 Å². The number of hydrogen-bond donors (Lipinski definition) is 1. The molecule has 1 aliphatic rings. The predicted molar refractivity (Wildman–Crippen MR) is 56.8 cm³/mol. The summed E-state index contributed by atoms with van der Waals surface area (Å²) in [7, 11) is 0. The summed E-state index contributed by atoms with van der Waals surface area (Å²) in [5.74, 6) is 0.709. The Morgan fingerprint density at radius 3 is 3.12 bits per heavy atom. The van der Waals surface area contributed by atoms with Crippen LogP contribution in [0.15, 0.2) is 23.1 Å². The highest BCUT2D eigenvalue weighted by Gasteiger charge is 2.26. The van der Waals surface area contributed by atoms with Gasteiger partial charge in [-0.25, -0.2) is 4.98 Å². The van der Waals surface area contributed by atoms with Gasteiger partial charge in [-0.3, -0.25) is 0 Å². The fourth-order valence-corrected chi connectivity index (χ4v) is 1.81. The lowest BCUT2D eigenvalue weighted by molar-refractivity contribution is 0.277. The second-order valence-corrected chi connectivity index (χ2v) is 4.07. The number of hydrogen-bond acceptors (Lipinski definition) is 4. The molecule has 2 heterocycles. The van der Waals surface area contributed by atoms with Crippen LogP contribution in [-0.4, -0.2) is 26.4 Å². The van der Waals surface area contributed by atoms with Gasteiger partial charge in [-0.1, -0.05) is 5.16 Å². The van der Waals surface area contributed by atoms with E-state index in [1.165, 1.54) is 12.8 Å². The Morgan fingerprint density at radius 1 is 1.50 bits per heavy atom. The Balaban J connectivity index is 1.91. The minimum absolute atomic E-state index is 0.0799. The topological polar surface area (TPSA) is 64.1 Å². The van der Waals surface area contributed by atoms with E-state index in [0.717, 1.165) is 11.4 Å². The molecular weight excluding hydrogens is 206 g/mol. The minimum atomic E-state index is 0.0799. The molecule has 0 radical (unpaired) electrons. The van der Waals surface area contributed by atoms with Crippen molar-refractivity contribution in [1.29, 1.82) is 0 Å². The third kappa shape index (κ3) is 1.63. The highest BCUT2D eigenvalue weighted by molar-refractivity contribution is 5.53. The number of aliphatic hydroxyl groups excluding tert-OH is 1. The van der Waals surface area contributed by atoms with Crippen molar-refractivity contribution >= 4 is 0 Å². The van der Waals surface area contributed by atoms with Gasteiger partial charge in [-0.15, -0.1) is 0 Å². The number of imidazole rings is 1. The zero-order chi connectivity index (χ0) is 11.0. The van der Waals surface area contributed by atoms with E-state index in [0.29, 0.717) is 18.2 Å². The first-order chi connectivity index (χ1) is 7.88. The molecule has 1 aliphatic carbocycles. The fourth-order valence-electron chi connectivity index (χ4n) is 1.81. The normalized spacial score (nSPS) is 15.6. The van der Waals surface area contributed by atoms with Crippen LogP contribution in [-0.2, 0) is 6.42 Å². The molecule has 16 heavy (non-hydrogen) atoms. The van der Waals surface area contributed by atoms with Gasteiger partial charge < -0.3 is 14.2 Å². The zero-order valence-electron chi connectivity index (χ0n) is 8.83. The molecule has 2 aromatic rings. The zero-order valence-corrected chi connectivity index (χ0v) is 8.83. The third-order valence-corrected chi connectivity index (χ3v) is 2.79. The summed E-state index contributed by atoms with van der Waals surface area (Å²) in [6, 6.07) is 2.45. The second-order valence-electron chi connectivity index (χ2n) is 4.07. The van der Waals surface area contributed by atoms with Gasteiger partial charge in [0.15, 0.2) is 0 Å². The monoisotopic (exact) mass is 219 g/mol. The molecule has 0 unspecified atom stereocenters. The van der Waals surface area contributed by atoms with Crippen LogP contribution in [0.3, 0.4) is 0 Å². The van der Waals surface area contributed by atoms with Gasteiger partial charge in [-0.2, -0.15) is 0 Å². The van der Waals surface area contributed by atoms with Crippen LogP contribution in [0.4, 0.5) is 0 Å². The predicted octanol–water partition coefficient (Wildman–Crippen LogP) is 1.41. The summed E-state index contributed by atoms with van der Waals surface area (Å²) in [6.07, 6.45) is 6.58. The first-order valence-corrected chi connectivity index (χ1v) is 5.47. The van der Waals surface area contributed by atoms with Crippen molar-refractivity contribution < 1.29 is 9.63 Å². The van der Waals surface area contributed by atoms with E-state index in [-0.39, 0.29) is 6.61 Å². The van der Waals surface area contributed by atoms with Crippen molar-refractivity contribution in [2.24, 2.45) is 0 Å². The molecule has 0 saturated heterocycles. The minimum Gasteiger partial charge on any atom is -0.396 e. The number of nitrogens with zero attached hydrogens (tertiary/aromatic N) is 3.